The van der Waals surface area contributed by atoms with Crippen molar-refractivity contribution in [3.63, 3.8) is 0 Å². The lowest BCUT2D eigenvalue weighted by Crippen LogP contribution is -2.21. The van der Waals surface area contributed by atoms with Gasteiger partial charge in [0.2, 0.25) is 0 Å². The predicted molar refractivity (Wildman–Crippen MR) is 116 cm³/mol. The minimum Gasteiger partial charge on any atom is -0.465 e. The van der Waals surface area contributed by atoms with Crippen molar-refractivity contribution in [2.75, 3.05) is 7.11 Å². The number of hydrogen-bond donors (Lipinski definition) is 0. The Labute approximate surface area is 171 Å². The largest absolute Gasteiger partial charge is 0.465 e. The summed E-state index contributed by atoms with van der Waals surface area (Å²) in [7, 11) is 1.49. The molecule has 2 heteroatoms. The highest BCUT2D eigenvalue weighted by atomic mass is 16.5. The second kappa shape index (κ2) is 10.1. The number of benzene rings is 1. The van der Waals surface area contributed by atoms with E-state index < -0.39 is 0 Å². The number of rotatable bonds is 6. The SMILES string of the molecule is C#Cc1ccc(C(=O)OC)c(C2CCC(CCCC)CC2)c1C1CCCCC1. The maximum Gasteiger partial charge on any atom is 0.338 e. The third kappa shape index (κ3) is 4.62. The lowest BCUT2D eigenvalue weighted by Gasteiger charge is -2.34. The third-order valence-corrected chi connectivity index (χ3v) is 7.08. The van der Waals surface area contributed by atoms with Crippen LogP contribution in [0.2, 0.25) is 0 Å². The normalized spacial score (nSPS) is 23.2. The van der Waals surface area contributed by atoms with Crippen LogP contribution in [-0.4, -0.2) is 13.1 Å². The fourth-order valence-corrected chi connectivity index (χ4v) is 5.55. The summed E-state index contributed by atoms with van der Waals surface area (Å²) >= 11 is 0. The van der Waals surface area contributed by atoms with Gasteiger partial charge in [0.25, 0.3) is 0 Å². The molecule has 2 fully saturated rings. The van der Waals surface area contributed by atoms with E-state index in [0.29, 0.717) is 11.8 Å². The molecule has 0 bridgehead atoms. The molecule has 0 aromatic heterocycles. The molecule has 0 amide bonds. The summed E-state index contributed by atoms with van der Waals surface area (Å²) in [6.07, 6.45) is 21.0. The van der Waals surface area contributed by atoms with Gasteiger partial charge in [-0.15, -0.1) is 6.42 Å². The van der Waals surface area contributed by atoms with Gasteiger partial charge >= 0.3 is 5.97 Å². The van der Waals surface area contributed by atoms with Crippen molar-refractivity contribution >= 4 is 5.97 Å². The van der Waals surface area contributed by atoms with Crippen molar-refractivity contribution < 1.29 is 9.53 Å². The Balaban J connectivity index is 1.97. The molecule has 0 unspecified atom stereocenters. The summed E-state index contributed by atoms with van der Waals surface area (Å²) in [4.78, 5) is 12.6. The van der Waals surface area contributed by atoms with Crippen molar-refractivity contribution in [3.05, 3.63) is 34.4 Å². The standard InChI is InChI=1S/C26H36O2/c1-4-6-10-19-13-15-22(16-14-19)25-23(26(27)28-3)18-17-20(5-2)24(25)21-11-8-7-9-12-21/h2,17-19,21-22H,4,6-16H2,1,3H3. The van der Waals surface area contributed by atoms with Crippen LogP contribution in [0.5, 0.6) is 0 Å². The highest BCUT2D eigenvalue weighted by molar-refractivity contribution is 5.92. The van der Waals surface area contributed by atoms with Gasteiger partial charge in [-0.1, -0.05) is 51.4 Å². The van der Waals surface area contributed by atoms with Gasteiger partial charge in [-0.3, -0.25) is 0 Å². The Bertz CT molecular complexity index is 698. The molecule has 2 saturated carbocycles. The lowest BCUT2D eigenvalue weighted by molar-refractivity contribution is 0.0598. The fourth-order valence-electron chi connectivity index (χ4n) is 5.55. The number of carbonyl (C=O) groups is 1. The quantitative estimate of drug-likeness (QED) is 0.393. The van der Waals surface area contributed by atoms with Crippen molar-refractivity contribution in [1.82, 2.24) is 0 Å². The molecular formula is C26H36O2. The van der Waals surface area contributed by atoms with Gasteiger partial charge in [0.05, 0.1) is 12.7 Å². The molecule has 2 aliphatic rings. The average Bonchev–Trinajstić information content (AvgIpc) is 2.77. The summed E-state index contributed by atoms with van der Waals surface area (Å²) in [6, 6.07) is 3.90. The molecule has 0 saturated heterocycles. The number of terminal acetylenes is 1. The molecular weight excluding hydrogens is 344 g/mol. The first-order chi connectivity index (χ1) is 13.7. The Morgan fingerprint density at radius 3 is 2.32 bits per heavy atom. The first-order valence-corrected chi connectivity index (χ1v) is 11.4. The summed E-state index contributed by atoms with van der Waals surface area (Å²) in [6.45, 7) is 2.27. The molecule has 0 aliphatic heterocycles. The highest BCUT2D eigenvalue weighted by Crippen LogP contribution is 2.45. The second-order valence-electron chi connectivity index (χ2n) is 8.82. The van der Waals surface area contributed by atoms with Gasteiger partial charge < -0.3 is 4.74 Å². The number of unbranched alkanes of at least 4 members (excludes halogenated alkanes) is 1. The molecule has 0 spiro atoms. The van der Waals surface area contributed by atoms with E-state index in [1.165, 1.54) is 95.3 Å². The Kier molecular flexibility index (Phi) is 7.60. The molecule has 1 aromatic rings. The van der Waals surface area contributed by atoms with Crippen LogP contribution in [0.15, 0.2) is 12.1 Å². The van der Waals surface area contributed by atoms with Gasteiger partial charge in [-0.05, 0) is 79.5 Å². The van der Waals surface area contributed by atoms with E-state index in [-0.39, 0.29) is 5.97 Å². The molecule has 0 radical (unpaired) electrons. The zero-order valence-corrected chi connectivity index (χ0v) is 17.8. The second-order valence-corrected chi connectivity index (χ2v) is 8.82. The zero-order valence-electron chi connectivity index (χ0n) is 17.8. The van der Waals surface area contributed by atoms with Crippen LogP contribution in [-0.2, 0) is 4.74 Å². The monoisotopic (exact) mass is 380 g/mol. The number of hydrogen-bond acceptors (Lipinski definition) is 2. The smallest absolute Gasteiger partial charge is 0.338 e. The van der Waals surface area contributed by atoms with Gasteiger partial charge in [0.1, 0.15) is 0 Å². The van der Waals surface area contributed by atoms with Crippen LogP contribution in [0.25, 0.3) is 0 Å². The van der Waals surface area contributed by atoms with E-state index in [1.54, 1.807) is 0 Å². The Morgan fingerprint density at radius 1 is 1.04 bits per heavy atom. The van der Waals surface area contributed by atoms with Gasteiger partial charge in [-0.25, -0.2) is 4.79 Å². The molecule has 28 heavy (non-hydrogen) atoms. The Hall–Kier alpha value is -1.75. The van der Waals surface area contributed by atoms with E-state index in [1.807, 2.05) is 12.1 Å². The van der Waals surface area contributed by atoms with Crippen LogP contribution in [0.4, 0.5) is 0 Å². The summed E-state index contributed by atoms with van der Waals surface area (Å²) in [5.74, 6) is 4.53. The molecule has 1 aromatic carbocycles. The van der Waals surface area contributed by atoms with Crippen molar-refractivity contribution in [1.29, 1.82) is 0 Å². The van der Waals surface area contributed by atoms with E-state index in [0.717, 1.165) is 17.0 Å². The van der Waals surface area contributed by atoms with E-state index in [2.05, 4.69) is 12.8 Å². The summed E-state index contributed by atoms with van der Waals surface area (Å²) in [5, 5.41) is 0. The predicted octanol–water partition coefficient (Wildman–Crippen LogP) is 6.97. The van der Waals surface area contributed by atoms with Crippen molar-refractivity contribution in [3.8, 4) is 12.3 Å². The van der Waals surface area contributed by atoms with E-state index in [4.69, 9.17) is 11.2 Å². The van der Waals surface area contributed by atoms with Gasteiger partial charge in [0, 0.05) is 5.56 Å². The first-order valence-electron chi connectivity index (χ1n) is 11.4. The maximum atomic E-state index is 12.6. The number of carbonyl (C=O) groups excluding carboxylic acids is 1. The van der Waals surface area contributed by atoms with Gasteiger partial charge in [-0.2, -0.15) is 0 Å². The average molecular weight is 381 g/mol. The number of ether oxygens (including phenoxy) is 1. The molecule has 0 heterocycles. The molecule has 0 atom stereocenters. The van der Waals surface area contributed by atoms with Crippen LogP contribution in [0.1, 0.15) is 123 Å². The maximum absolute atomic E-state index is 12.6. The minimum atomic E-state index is -0.205. The minimum absolute atomic E-state index is 0.205. The van der Waals surface area contributed by atoms with Crippen LogP contribution in [0.3, 0.4) is 0 Å². The Morgan fingerprint density at radius 2 is 1.71 bits per heavy atom. The first kappa shape index (κ1) is 21.0. The van der Waals surface area contributed by atoms with Gasteiger partial charge in [0.15, 0.2) is 0 Å². The number of methoxy groups -OCH3 is 1. The fraction of sp³-hybridized carbons (Fsp3) is 0.654. The molecule has 3 rings (SSSR count). The molecule has 2 aliphatic carbocycles. The zero-order chi connectivity index (χ0) is 19.9. The summed E-state index contributed by atoms with van der Waals surface area (Å²) < 4.78 is 5.17. The molecule has 0 N–H and O–H groups in total. The van der Waals surface area contributed by atoms with Crippen LogP contribution in [0, 0.1) is 18.3 Å². The number of esters is 1. The third-order valence-electron chi connectivity index (χ3n) is 7.08. The van der Waals surface area contributed by atoms with E-state index >= 15 is 0 Å². The lowest BCUT2D eigenvalue weighted by atomic mass is 9.70. The van der Waals surface area contributed by atoms with E-state index in [9.17, 15) is 4.79 Å². The molecule has 152 valence electrons. The molecule has 2 nitrogen and oxygen atoms in total. The summed E-state index contributed by atoms with van der Waals surface area (Å²) in [5.41, 5.74) is 4.31. The highest BCUT2D eigenvalue weighted by Gasteiger charge is 2.32. The van der Waals surface area contributed by atoms with Crippen molar-refractivity contribution in [2.24, 2.45) is 5.92 Å². The van der Waals surface area contributed by atoms with Crippen molar-refractivity contribution in [2.45, 2.75) is 95.8 Å². The topological polar surface area (TPSA) is 26.3 Å². The van der Waals surface area contributed by atoms with Crippen LogP contribution < -0.4 is 0 Å². The van der Waals surface area contributed by atoms with Crippen LogP contribution >= 0.6 is 0 Å².